The molecule has 0 spiro atoms. The first kappa shape index (κ1) is 16.7. The summed E-state index contributed by atoms with van der Waals surface area (Å²) >= 11 is 0. The molecule has 0 unspecified atom stereocenters. The number of carbonyl (C=O) groups is 2. The van der Waals surface area contributed by atoms with E-state index >= 15 is 0 Å². The number of amides is 1. The van der Waals surface area contributed by atoms with Gasteiger partial charge in [0.1, 0.15) is 5.76 Å². The van der Waals surface area contributed by atoms with Gasteiger partial charge < -0.3 is 14.5 Å². The molecule has 1 aromatic heterocycles. The van der Waals surface area contributed by atoms with Gasteiger partial charge in [0.25, 0.3) is 5.91 Å². The van der Waals surface area contributed by atoms with Crippen LogP contribution in [0.15, 0.2) is 22.8 Å². The second-order valence-corrected chi connectivity index (χ2v) is 8.56. The molecule has 0 aromatic carbocycles. The van der Waals surface area contributed by atoms with Crippen molar-refractivity contribution in [3.05, 3.63) is 24.2 Å². The fraction of sp³-hybridized carbons (Fsp3) is 0.700. The van der Waals surface area contributed by atoms with Gasteiger partial charge in [-0.25, -0.2) is 0 Å². The van der Waals surface area contributed by atoms with E-state index in [2.05, 4.69) is 5.32 Å². The molecule has 0 saturated heterocycles. The van der Waals surface area contributed by atoms with Crippen molar-refractivity contribution >= 4 is 11.9 Å². The summed E-state index contributed by atoms with van der Waals surface area (Å²) in [5, 5.41) is 2.79. The maximum Gasteiger partial charge on any atom is 0.306 e. The predicted molar refractivity (Wildman–Crippen MR) is 91.4 cm³/mol. The molecule has 25 heavy (non-hydrogen) atoms. The molecule has 136 valence electrons. The molecule has 0 radical (unpaired) electrons. The van der Waals surface area contributed by atoms with Crippen LogP contribution in [0, 0.1) is 23.2 Å². The Morgan fingerprint density at radius 1 is 1.24 bits per heavy atom. The molecule has 1 atom stereocenters. The summed E-state index contributed by atoms with van der Waals surface area (Å²) in [6, 6.07) is 3.36. The summed E-state index contributed by atoms with van der Waals surface area (Å²) in [7, 11) is 0. The zero-order valence-corrected chi connectivity index (χ0v) is 14.8. The number of rotatable bonds is 6. The lowest BCUT2D eigenvalue weighted by Crippen LogP contribution is -2.47. The summed E-state index contributed by atoms with van der Waals surface area (Å²) in [6.07, 6.45) is 9.67. The van der Waals surface area contributed by atoms with E-state index in [0.29, 0.717) is 12.2 Å². The first-order valence-corrected chi connectivity index (χ1v) is 9.50. The molecule has 1 heterocycles. The molecular weight excluding hydrogens is 318 g/mol. The van der Waals surface area contributed by atoms with Crippen LogP contribution in [-0.4, -0.2) is 18.5 Å². The van der Waals surface area contributed by atoms with Crippen molar-refractivity contribution < 1.29 is 18.7 Å². The van der Waals surface area contributed by atoms with Gasteiger partial charge in [0, 0.05) is 0 Å². The van der Waals surface area contributed by atoms with Crippen molar-refractivity contribution in [1.82, 2.24) is 5.32 Å². The second-order valence-electron chi connectivity index (χ2n) is 8.56. The zero-order chi connectivity index (χ0) is 17.4. The molecule has 4 fully saturated rings. The van der Waals surface area contributed by atoms with Gasteiger partial charge in [0.05, 0.1) is 18.7 Å². The van der Waals surface area contributed by atoms with Gasteiger partial charge in [-0.05, 0) is 80.8 Å². The van der Waals surface area contributed by atoms with Crippen LogP contribution in [0.2, 0.25) is 0 Å². The van der Waals surface area contributed by atoms with E-state index in [9.17, 15) is 9.59 Å². The summed E-state index contributed by atoms with van der Waals surface area (Å²) < 4.78 is 10.5. The van der Waals surface area contributed by atoms with E-state index in [1.54, 1.807) is 12.3 Å². The summed E-state index contributed by atoms with van der Waals surface area (Å²) in [5.74, 6) is 2.63. The van der Waals surface area contributed by atoms with Crippen molar-refractivity contribution in [2.75, 3.05) is 6.61 Å². The number of carbonyl (C=O) groups excluding carboxylic acids is 2. The van der Waals surface area contributed by atoms with Crippen LogP contribution < -0.4 is 5.32 Å². The number of hydrogen-bond acceptors (Lipinski definition) is 4. The highest BCUT2D eigenvalue weighted by atomic mass is 16.5. The number of ether oxygens (including phenoxy) is 1. The van der Waals surface area contributed by atoms with Crippen molar-refractivity contribution in [3.8, 4) is 0 Å². The Morgan fingerprint density at radius 2 is 1.88 bits per heavy atom. The lowest BCUT2D eigenvalue weighted by Gasteiger charge is -2.56. The molecule has 4 saturated carbocycles. The summed E-state index contributed by atoms with van der Waals surface area (Å²) in [6.45, 7) is 1.63. The molecule has 5 nitrogen and oxygen atoms in total. The van der Waals surface area contributed by atoms with Crippen LogP contribution in [0.3, 0.4) is 0 Å². The van der Waals surface area contributed by atoms with E-state index in [4.69, 9.17) is 9.15 Å². The minimum absolute atomic E-state index is 0.157. The molecule has 1 amide bonds. The first-order valence-electron chi connectivity index (χ1n) is 9.50. The zero-order valence-electron chi connectivity index (χ0n) is 14.8. The highest BCUT2D eigenvalue weighted by Crippen LogP contribution is 2.61. The number of hydrogen-bond donors (Lipinski definition) is 1. The molecule has 4 bridgehead atoms. The fourth-order valence-electron chi connectivity index (χ4n) is 5.90. The van der Waals surface area contributed by atoms with Crippen molar-refractivity contribution in [3.63, 3.8) is 0 Å². The van der Waals surface area contributed by atoms with E-state index in [1.165, 1.54) is 38.5 Å². The van der Waals surface area contributed by atoms with Crippen LogP contribution in [0.25, 0.3) is 0 Å². The third-order valence-electron chi connectivity index (χ3n) is 6.40. The molecule has 4 aliphatic rings. The van der Waals surface area contributed by atoms with E-state index in [-0.39, 0.29) is 29.9 Å². The Kier molecular flexibility index (Phi) is 4.34. The second kappa shape index (κ2) is 6.50. The fourth-order valence-corrected chi connectivity index (χ4v) is 5.90. The third-order valence-corrected chi connectivity index (χ3v) is 6.40. The van der Waals surface area contributed by atoms with Gasteiger partial charge >= 0.3 is 5.97 Å². The summed E-state index contributed by atoms with van der Waals surface area (Å²) in [4.78, 5) is 24.3. The monoisotopic (exact) mass is 345 g/mol. The highest BCUT2D eigenvalue weighted by molar-refractivity contribution is 5.81. The maximum atomic E-state index is 12.3. The summed E-state index contributed by atoms with van der Waals surface area (Å²) in [5.41, 5.74) is 0.157. The van der Waals surface area contributed by atoms with Gasteiger partial charge in [0.15, 0.2) is 6.61 Å². The SMILES string of the molecule is C[C@@H](NC(=O)COC(=O)CC12CC3CC(CC(C3)C1)C2)c1ccco1. The Labute approximate surface area is 148 Å². The van der Waals surface area contributed by atoms with Gasteiger partial charge in [-0.15, -0.1) is 0 Å². The van der Waals surface area contributed by atoms with Crippen LogP contribution in [0.5, 0.6) is 0 Å². The van der Waals surface area contributed by atoms with Crippen molar-refractivity contribution in [2.45, 2.75) is 57.9 Å². The standard InChI is InChI=1S/C20H27NO4/c1-13(17-3-2-4-24-17)21-18(22)12-25-19(23)11-20-8-14-5-15(9-20)7-16(6-14)10-20/h2-4,13-16H,5-12H2,1H3,(H,21,22)/t13-,14?,15?,16?,20?/m1/s1. The molecule has 1 N–H and O–H groups in total. The lowest BCUT2D eigenvalue weighted by atomic mass is 9.49. The molecule has 0 aliphatic heterocycles. The largest absolute Gasteiger partial charge is 0.467 e. The minimum atomic E-state index is -0.289. The van der Waals surface area contributed by atoms with E-state index < -0.39 is 0 Å². The van der Waals surface area contributed by atoms with Crippen LogP contribution in [-0.2, 0) is 14.3 Å². The molecule has 5 heteroatoms. The lowest BCUT2D eigenvalue weighted by molar-refractivity contribution is -0.155. The van der Waals surface area contributed by atoms with E-state index in [0.717, 1.165) is 17.8 Å². The number of esters is 1. The third kappa shape index (κ3) is 3.60. The number of nitrogens with one attached hydrogen (secondary N) is 1. The van der Waals surface area contributed by atoms with E-state index in [1.807, 2.05) is 13.0 Å². The van der Waals surface area contributed by atoms with Crippen molar-refractivity contribution in [2.24, 2.45) is 23.2 Å². The average Bonchev–Trinajstić information content (AvgIpc) is 3.05. The Morgan fingerprint density at radius 3 is 2.44 bits per heavy atom. The van der Waals surface area contributed by atoms with Gasteiger partial charge in [0.2, 0.25) is 0 Å². The Hall–Kier alpha value is -1.78. The van der Waals surface area contributed by atoms with Crippen molar-refractivity contribution in [1.29, 1.82) is 0 Å². The maximum absolute atomic E-state index is 12.3. The van der Waals surface area contributed by atoms with Gasteiger partial charge in [-0.3, -0.25) is 9.59 Å². The normalized spacial score (nSPS) is 33.9. The molecular formula is C20H27NO4. The topological polar surface area (TPSA) is 68.5 Å². The van der Waals surface area contributed by atoms with Crippen LogP contribution in [0.1, 0.15) is 63.7 Å². The Balaban J connectivity index is 1.25. The minimum Gasteiger partial charge on any atom is -0.467 e. The van der Waals surface area contributed by atoms with Gasteiger partial charge in [-0.2, -0.15) is 0 Å². The van der Waals surface area contributed by atoms with Crippen LogP contribution >= 0.6 is 0 Å². The molecule has 1 aromatic rings. The molecule has 4 aliphatic carbocycles. The average molecular weight is 345 g/mol. The number of furan rings is 1. The highest BCUT2D eigenvalue weighted by Gasteiger charge is 2.51. The predicted octanol–water partition coefficient (Wildman–Crippen LogP) is 3.61. The smallest absolute Gasteiger partial charge is 0.306 e. The van der Waals surface area contributed by atoms with Crippen LogP contribution in [0.4, 0.5) is 0 Å². The van der Waals surface area contributed by atoms with Gasteiger partial charge in [-0.1, -0.05) is 0 Å². The molecule has 5 rings (SSSR count). The Bertz CT molecular complexity index is 601. The first-order chi connectivity index (χ1) is 12.0. The quantitative estimate of drug-likeness (QED) is 0.800.